The molecule has 3 rings (SSSR count). The molecule has 30 heavy (non-hydrogen) atoms. The van der Waals surface area contributed by atoms with E-state index >= 15 is 0 Å². The zero-order chi connectivity index (χ0) is 21.2. The van der Waals surface area contributed by atoms with Crippen LogP contribution < -0.4 is 20.5 Å². The molecule has 152 valence electrons. The molecule has 0 aliphatic rings. The molecule has 3 N–H and O–H groups in total. The maximum Gasteiger partial charge on any atom is 0.255 e. The van der Waals surface area contributed by atoms with Crippen molar-refractivity contribution in [1.82, 2.24) is 5.32 Å². The Bertz CT molecular complexity index is 998. The lowest BCUT2D eigenvalue weighted by molar-refractivity contribution is -0.120. The first-order valence-corrected chi connectivity index (χ1v) is 9.37. The number of ether oxygens (including phenoxy) is 2. The Morgan fingerprint density at radius 2 is 1.47 bits per heavy atom. The predicted octanol–water partition coefficient (Wildman–Crippen LogP) is 3.67. The summed E-state index contributed by atoms with van der Waals surface area (Å²) in [5.41, 5.74) is 6.83. The van der Waals surface area contributed by atoms with Gasteiger partial charge >= 0.3 is 0 Å². The Balaban J connectivity index is 1.45. The maximum atomic E-state index is 12.0. The van der Waals surface area contributed by atoms with E-state index in [4.69, 9.17) is 15.2 Å². The van der Waals surface area contributed by atoms with Gasteiger partial charge in [-0.15, -0.1) is 0 Å². The molecule has 2 amide bonds. The number of nitrogens with one attached hydrogen (secondary N) is 1. The van der Waals surface area contributed by atoms with Gasteiger partial charge in [-0.25, -0.2) is 0 Å². The summed E-state index contributed by atoms with van der Waals surface area (Å²) in [5.74, 6) is 1.31. The fourth-order valence-electron chi connectivity index (χ4n) is 2.55. The summed E-state index contributed by atoms with van der Waals surface area (Å²) in [7, 11) is 0. The van der Waals surface area contributed by atoms with E-state index in [-0.39, 0.29) is 12.5 Å². The Hall–Kier alpha value is -4.06. The van der Waals surface area contributed by atoms with E-state index in [9.17, 15) is 9.59 Å². The number of carbonyl (C=O) groups excluding carboxylic acids is 2. The van der Waals surface area contributed by atoms with Crippen LogP contribution in [0, 0.1) is 0 Å². The van der Waals surface area contributed by atoms with E-state index in [0.717, 1.165) is 22.6 Å². The molecule has 0 aromatic heterocycles. The number of amides is 2. The predicted molar refractivity (Wildman–Crippen MR) is 115 cm³/mol. The van der Waals surface area contributed by atoms with Crippen molar-refractivity contribution in [3.8, 4) is 17.2 Å². The van der Waals surface area contributed by atoms with Crippen LogP contribution in [0.1, 0.15) is 11.1 Å². The molecule has 0 radical (unpaired) electrons. The lowest BCUT2D eigenvalue weighted by Gasteiger charge is -2.07. The smallest absolute Gasteiger partial charge is 0.255 e. The van der Waals surface area contributed by atoms with Gasteiger partial charge in [-0.2, -0.15) is 0 Å². The van der Waals surface area contributed by atoms with Gasteiger partial charge in [-0.3, -0.25) is 9.59 Å². The van der Waals surface area contributed by atoms with Gasteiger partial charge in [0.15, 0.2) is 6.61 Å². The lowest BCUT2D eigenvalue weighted by atomic mass is 10.2. The molecule has 0 fully saturated rings. The minimum Gasteiger partial charge on any atom is -0.484 e. The highest BCUT2D eigenvalue weighted by molar-refractivity contribution is 5.91. The molecule has 0 unspecified atom stereocenters. The molecule has 3 aromatic rings. The third-order valence-corrected chi connectivity index (χ3v) is 4.06. The van der Waals surface area contributed by atoms with Crippen LogP contribution in [-0.4, -0.2) is 18.4 Å². The normalized spacial score (nSPS) is 10.5. The number of nitrogens with two attached hydrogens (primary N) is 1. The zero-order valence-electron chi connectivity index (χ0n) is 16.3. The summed E-state index contributed by atoms with van der Waals surface area (Å²) in [6.45, 7) is 0.242. The molecule has 3 aromatic carbocycles. The molecular formula is C24H22N2O4. The monoisotopic (exact) mass is 402 g/mol. The number of benzene rings is 3. The fourth-order valence-corrected chi connectivity index (χ4v) is 2.55. The van der Waals surface area contributed by atoms with Crippen molar-refractivity contribution in [3.05, 3.63) is 96.1 Å². The van der Waals surface area contributed by atoms with Gasteiger partial charge < -0.3 is 20.5 Å². The molecule has 0 bridgehead atoms. The van der Waals surface area contributed by atoms with Crippen molar-refractivity contribution in [2.45, 2.75) is 6.54 Å². The van der Waals surface area contributed by atoms with Gasteiger partial charge in [0.2, 0.25) is 5.91 Å². The molecule has 0 aliphatic heterocycles. The van der Waals surface area contributed by atoms with Crippen LogP contribution in [-0.2, 0) is 16.1 Å². The molecule has 0 aliphatic carbocycles. The number of hydrogen-bond donors (Lipinski definition) is 2. The Kier molecular flexibility index (Phi) is 7.22. The molecular weight excluding hydrogens is 380 g/mol. The van der Waals surface area contributed by atoms with Crippen LogP contribution >= 0.6 is 0 Å². The Morgan fingerprint density at radius 1 is 0.833 bits per heavy atom. The Labute approximate surface area is 174 Å². The van der Waals surface area contributed by atoms with E-state index in [2.05, 4.69) is 5.32 Å². The average Bonchev–Trinajstić information content (AvgIpc) is 2.77. The van der Waals surface area contributed by atoms with Crippen molar-refractivity contribution in [1.29, 1.82) is 0 Å². The number of para-hydroxylation sites is 1. The largest absolute Gasteiger partial charge is 0.484 e. The highest BCUT2D eigenvalue weighted by Gasteiger charge is 2.01. The number of primary amides is 1. The van der Waals surface area contributed by atoms with Crippen molar-refractivity contribution in [2.24, 2.45) is 5.73 Å². The van der Waals surface area contributed by atoms with Gasteiger partial charge in [0.1, 0.15) is 17.2 Å². The van der Waals surface area contributed by atoms with Gasteiger partial charge in [0.25, 0.3) is 5.91 Å². The van der Waals surface area contributed by atoms with Crippen molar-refractivity contribution < 1.29 is 19.1 Å². The van der Waals surface area contributed by atoms with Crippen LogP contribution in [0.4, 0.5) is 0 Å². The summed E-state index contributed by atoms with van der Waals surface area (Å²) in [6, 6.07) is 24.1. The van der Waals surface area contributed by atoms with E-state index in [1.165, 1.54) is 6.08 Å². The van der Waals surface area contributed by atoms with Gasteiger partial charge in [0, 0.05) is 12.6 Å². The van der Waals surface area contributed by atoms with E-state index in [1.54, 1.807) is 30.3 Å². The first-order chi connectivity index (χ1) is 14.6. The minimum absolute atomic E-state index is 0.170. The molecule has 6 nitrogen and oxygen atoms in total. The van der Waals surface area contributed by atoms with Gasteiger partial charge in [-0.1, -0.05) is 42.5 Å². The summed E-state index contributed by atoms with van der Waals surface area (Å²) in [4.78, 5) is 22.8. The summed E-state index contributed by atoms with van der Waals surface area (Å²) >= 11 is 0. The molecule has 0 atom stereocenters. The number of hydrogen-bond acceptors (Lipinski definition) is 4. The third kappa shape index (κ3) is 6.83. The number of rotatable bonds is 9. The third-order valence-electron chi connectivity index (χ3n) is 4.06. The standard InChI is InChI=1S/C24H22N2O4/c25-23(27)17-29-20-11-6-18(7-12-20)10-15-24(28)26-16-19-8-13-22(14-9-19)30-21-4-2-1-3-5-21/h1-15H,16-17H2,(H2,25,27)(H,26,28)/b15-10+. The fraction of sp³-hybridized carbons (Fsp3) is 0.0833. The maximum absolute atomic E-state index is 12.0. The number of carbonyl (C=O) groups is 2. The van der Waals surface area contributed by atoms with Crippen LogP contribution in [0.25, 0.3) is 6.08 Å². The summed E-state index contributed by atoms with van der Waals surface area (Å²) in [5, 5.41) is 2.84. The quantitative estimate of drug-likeness (QED) is 0.534. The molecule has 0 saturated carbocycles. The van der Waals surface area contributed by atoms with Gasteiger partial charge in [-0.05, 0) is 53.6 Å². The summed E-state index contributed by atoms with van der Waals surface area (Å²) < 4.78 is 10.9. The SMILES string of the molecule is NC(=O)COc1ccc(/C=C/C(=O)NCc2ccc(Oc3ccccc3)cc2)cc1. The van der Waals surface area contributed by atoms with Crippen molar-refractivity contribution in [3.63, 3.8) is 0 Å². The van der Waals surface area contributed by atoms with Crippen molar-refractivity contribution >= 4 is 17.9 Å². The topological polar surface area (TPSA) is 90.7 Å². The van der Waals surface area contributed by atoms with Crippen LogP contribution in [0.2, 0.25) is 0 Å². The van der Waals surface area contributed by atoms with Crippen LogP contribution in [0.3, 0.4) is 0 Å². The molecule has 0 saturated heterocycles. The zero-order valence-corrected chi connectivity index (χ0v) is 16.3. The lowest BCUT2D eigenvalue weighted by Crippen LogP contribution is -2.20. The second-order valence-corrected chi connectivity index (χ2v) is 6.43. The van der Waals surface area contributed by atoms with Crippen LogP contribution in [0.15, 0.2) is 84.9 Å². The van der Waals surface area contributed by atoms with Crippen molar-refractivity contribution in [2.75, 3.05) is 6.61 Å². The van der Waals surface area contributed by atoms with E-state index in [1.807, 2.05) is 54.6 Å². The molecule has 0 spiro atoms. The second kappa shape index (κ2) is 10.5. The van der Waals surface area contributed by atoms with E-state index in [0.29, 0.717) is 12.3 Å². The molecule has 0 heterocycles. The Morgan fingerprint density at radius 3 is 2.13 bits per heavy atom. The van der Waals surface area contributed by atoms with Gasteiger partial charge in [0.05, 0.1) is 0 Å². The first kappa shape index (κ1) is 20.7. The highest BCUT2D eigenvalue weighted by Crippen LogP contribution is 2.21. The highest BCUT2D eigenvalue weighted by atomic mass is 16.5. The second-order valence-electron chi connectivity index (χ2n) is 6.43. The van der Waals surface area contributed by atoms with E-state index < -0.39 is 5.91 Å². The average molecular weight is 402 g/mol. The van der Waals surface area contributed by atoms with Crippen LogP contribution in [0.5, 0.6) is 17.2 Å². The molecule has 6 heteroatoms. The summed E-state index contributed by atoms with van der Waals surface area (Å²) in [6.07, 6.45) is 3.16. The first-order valence-electron chi connectivity index (χ1n) is 9.37. The minimum atomic E-state index is -0.533.